The molecule has 0 aliphatic rings. The maximum Gasteiger partial charge on any atom is 0.162 e. The summed E-state index contributed by atoms with van der Waals surface area (Å²) in [7, 11) is 3.43. The molecule has 2 aromatic rings. The van der Waals surface area contributed by atoms with Crippen LogP contribution in [-0.2, 0) is 7.05 Å². The average Bonchev–Trinajstić information content (AvgIpc) is 2.74. The lowest BCUT2D eigenvalue weighted by Gasteiger charge is -2.18. The topological polar surface area (TPSA) is 78.0 Å². The van der Waals surface area contributed by atoms with Gasteiger partial charge in [-0.05, 0) is 28.1 Å². The first-order valence-corrected chi connectivity index (χ1v) is 6.10. The Kier molecular flexibility index (Phi) is 3.95. The van der Waals surface area contributed by atoms with Gasteiger partial charge in [0.15, 0.2) is 5.75 Å². The van der Waals surface area contributed by atoms with Gasteiger partial charge in [0.25, 0.3) is 0 Å². The molecule has 2 aromatic heterocycles. The van der Waals surface area contributed by atoms with Gasteiger partial charge in [0.2, 0.25) is 0 Å². The molecule has 0 amide bonds. The van der Waals surface area contributed by atoms with Gasteiger partial charge in [0.1, 0.15) is 11.7 Å². The monoisotopic (exact) mass is 311 g/mol. The molecule has 0 saturated carbocycles. The number of aromatic nitrogens is 3. The van der Waals surface area contributed by atoms with Crippen molar-refractivity contribution >= 4 is 15.9 Å². The van der Waals surface area contributed by atoms with Gasteiger partial charge in [-0.25, -0.2) is 5.43 Å². The van der Waals surface area contributed by atoms with Crippen LogP contribution in [0.15, 0.2) is 29.0 Å². The van der Waals surface area contributed by atoms with Gasteiger partial charge in [0.05, 0.1) is 19.0 Å². The van der Waals surface area contributed by atoms with Crippen molar-refractivity contribution in [2.75, 3.05) is 7.11 Å². The second-order valence-corrected chi connectivity index (χ2v) is 4.55. The zero-order valence-electron chi connectivity index (χ0n) is 10.1. The quantitative estimate of drug-likeness (QED) is 0.654. The lowest BCUT2D eigenvalue weighted by Crippen LogP contribution is -2.31. The van der Waals surface area contributed by atoms with Gasteiger partial charge in [-0.1, -0.05) is 0 Å². The molecule has 0 aromatic carbocycles. The molecule has 1 unspecified atom stereocenters. The number of nitrogens with two attached hydrogens (primary N) is 1. The van der Waals surface area contributed by atoms with Gasteiger partial charge in [-0.2, -0.15) is 5.10 Å². The van der Waals surface area contributed by atoms with Crippen LogP contribution in [-0.4, -0.2) is 21.9 Å². The summed E-state index contributed by atoms with van der Waals surface area (Å²) in [5.74, 6) is 6.31. The summed E-state index contributed by atoms with van der Waals surface area (Å²) in [6, 6.07) is 3.46. The van der Waals surface area contributed by atoms with E-state index in [1.165, 1.54) is 0 Å². The summed E-state index contributed by atoms with van der Waals surface area (Å²) >= 11 is 3.47. The predicted molar refractivity (Wildman–Crippen MR) is 70.9 cm³/mol. The molecule has 0 aliphatic carbocycles. The summed E-state index contributed by atoms with van der Waals surface area (Å²) in [5.41, 5.74) is 4.34. The lowest BCUT2D eigenvalue weighted by atomic mass is 10.1. The third kappa shape index (κ3) is 2.24. The molecule has 7 heteroatoms. The molecule has 0 radical (unpaired) electrons. The van der Waals surface area contributed by atoms with E-state index in [1.54, 1.807) is 24.2 Å². The fourth-order valence-corrected chi connectivity index (χ4v) is 2.29. The number of nitrogens with one attached hydrogen (secondary N) is 1. The first-order chi connectivity index (χ1) is 8.69. The Morgan fingerprint density at radius 2 is 2.33 bits per heavy atom. The van der Waals surface area contributed by atoms with Crippen molar-refractivity contribution in [1.82, 2.24) is 20.2 Å². The first-order valence-electron chi connectivity index (χ1n) is 5.31. The Morgan fingerprint density at radius 1 is 1.56 bits per heavy atom. The van der Waals surface area contributed by atoms with Crippen LogP contribution in [0.2, 0.25) is 0 Å². The Hall–Kier alpha value is -1.44. The summed E-state index contributed by atoms with van der Waals surface area (Å²) in [5, 5.41) is 4.16. The molecule has 96 valence electrons. The molecule has 0 aliphatic heterocycles. The van der Waals surface area contributed by atoms with E-state index in [0.717, 1.165) is 15.9 Å². The molecule has 2 rings (SSSR count). The number of hydrogen-bond donors (Lipinski definition) is 2. The zero-order valence-corrected chi connectivity index (χ0v) is 11.7. The van der Waals surface area contributed by atoms with Crippen LogP contribution >= 0.6 is 15.9 Å². The van der Waals surface area contributed by atoms with E-state index < -0.39 is 0 Å². The molecule has 0 spiro atoms. The van der Waals surface area contributed by atoms with Gasteiger partial charge < -0.3 is 4.74 Å². The second kappa shape index (κ2) is 5.47. The van der Waals surface area contributed by atoms with Crippen molar-refractivity contribution < 1.29 is 4.74 Å². The fourth-order valence-electron chi connectivity index (χ4n) is 1.81. The number of aryl methyl sites for hydroxylation is 1. The van der Waals surface area contributed by atoms with E-state index >= 15 is 0 Å². The second-order valence-electron chi connectivity index (χ2n) is 3.69. The highest BCUT2D eigenvalue weighted by atomic mass is 79.9. The summed E-state index contributed by atoms with van der Waals surface area (Å²) < 4.78 is 7.87. The Labute approximate surface area is 113 Å². The van der Waals surface area contributed by atoms with Crippen molar-refractivity contribution in [1.29, 1.82) is 0 Å². The number of pyridine rings is 1. The minimum Gasteiger partial charge on any atom is -0.493 e. The minimum atomic E-state index is -0.303. The molecule has 3 N–H and O–H groups in total. The highest BCUT2D eigenvalue weighted by molar-refractivity contribution is 9.10. The van der Waals surface area contributed by atoms with E-state index in [2.05, 4.69) is 31.4 Å². The molecule has 1 atom stereocenters. The fraction of sp³-hybridized carbons (Fsp3) is 0.273. The minimum absolute atomic E-state index is 0.303. The number of nitrogens with zero attached hydrogens (tertiary/aromatic N) is 3. The summed E-state index contributed by atoms with van der Waals surface area (Å²) in [4.78, 5) is 4.34. The molecule has 0 fully saturated rings. The number of rotatable bonds is 4. The largest absolute Gasteiger partial charge is 0.493 e. The Morgan fingerprint density at radius 3 is 2.94 bits per heavy atom. The average molecular weight is 312 g/mol. The van der Waals surface area contributed by atoms with Crippen LogP contribution in [0, 0.1) is 0 Å². The molecular weight excluding hydrogens is 298 g/mol. The number of ether oxygens (including phenoxy) is 1. The Balaban J connectivity index is 2.52. The van der Waals surface area contributed by atoms with E-state index in [-0.39, 0.29) is 6.04 Å². The van der Waals surface area contributed by atoms with E-state index in [4.69, 9.17) is 10.6 Å². The lowest BCUT2D eigenvalue weighted by molar-refractivity contribution is 0.400. The van der Waals surface area contributed by atoms with Crippen LogP contribution in [0.1, 0.15) is 17.4 Å². The van der Waals surface area contributed by atoms with Crippen molar-refractivity contribution in [2.24, 2.45) is 12.9 Å². The number of halogens is 1. The smallest absolute Gasteiger partial charge is 0.162 e. The van der Waals surface area contributed by atoms with E-state index in [1.807, 2.05) is 19.2 Å². The van der Waals surface area contributed by atoms with E-state index in [0.29, 0.717) is 5.75 Å². The maximum absolute atomic E-state index is 5.65. The van der Waals surface area contributed by atoms with Crippen molar-refractivity contribution in [3.8, 4) is 5.75 Å². The highest BCUT2D eigenvalue weighted by Gasteiger charge is 2.24. The van der Waals surface area contributed by atoms with Crippen LogP contribution in [0.4, 0.5) is 0 Å². The first kappa shape index (κ1) is 13.0. The van der Waals surface area contributed by atoms with Crippen LogP contribution in [0.25, 0.3) is 0 Å². The molecule has 0 saturated heterocycles. The third-order valence-corrected chi connectivity index (χ3v) is 3.34. The van der Waals surface area contributed by atoms with Crippen molar-refractivity contribution in [3.63, 3.8) is 0 Å². The molecule has 0 bridgehead atoms. The van der Waals surface area contributed by atoms with Gasteiger partial charge >= 0.3 is 0 Å². The maximum atomic E-state index is 5.65. The van der Waals surface area contributed by atoms with Crippen LogP contribution < -0.4 is 16.0 Å². The zero-order chi connectivity index (χ0) is 13.1. The molecule has 2 heterocycles. The number of hydrazine groups is 1. The number of methoxy groups -OCH3 is 1. The molecule has 18 heavy (non-hydrogen) atoms. The normalized spacial score (nSPS) is 12.4. The van der Waals surface area contributed by atoms with Gasteiger partial charge in [-0.3, -0.25) is 15.5 Å². The predicted octanol–water partition coefficient (Wildman–Crippen LogP) is 1.14. The van der Waals surface area contributed by atoms with Crippen LogP contribution in [0.5, 0.6) is 5.75 Å². The summed E-state index contributed by atoms with van der Waals surface area (Å²) in [6.07, 6.45) is 3.36. The van der Waals surface area contributed by atoms with Gasteiger partial charge in [-0.15, -0.1) is 0 Å². The molecular formula is C11H14BrN5O. The van der Waals surface area contributed by atoms with E-state index in [9.17, 15) is 0 Å². The van der Waals surface area contributed by atoms with Crippen molar-refractivity contribution in [2.45, 2.75) is 6.04 Å². The molecule has 6 nitrogen and oxygen atoms in total. The third-order valence-electron chi connectivity index (χ3n) is 2.67. The number of hydrogen-bond acceptors (Lipinski definition) is 5. The highest BCUT2D eigenvalue weighted by Crippen LogP contribution is 2.31. The SMILES string of the molecule is COc1cnn(C)c1C(NN)c1ncccc1Br. The van der Waals surface area contributed by atoms with Gasteiger partial charge in [0, 0.05) is 17.7 Å². The van der Waals surface area contributed by atoms with Crippen molar-refractivity contribution in [3.05, 3.63) is 40.4 Å². The van der Waals surface area contributed by atoms with Crippen LogP contribution in [0.3, 0.4) is 0 Å². The Bertz CT molecular complexity index is 542. The summed E-state index contributed by atoms with van der Waals surface area (Å²) in [6.45, 7) is 0. The standard InChI is InChI=1S/C11H14BrN5O/c1-17-11(8(18-2)6-15-17)10(16-13)9-7(12)4-3-5-14-9/h3-6,10,16H,13H2,1-2H3.